The summed E-state index contributed by atoms with van der Waals surface area (Å²) in [5.41, 5.74) is 1.54. The Hall–Kier alpha value is -3.87. The van der Waals surface area contributed by atoms with E-state index in [2.05, 4.69) is 0 Å². The summed E-state index contributed by atoms with van der Waals surface area (Å²) < 4.78 is 11.5. The quantitative estimate of drug-likeness (QED) is 0.433. The number of hydrogen-bond donors (Lipinski definition) is 0. The number of nitro groups is 1. The maximum atomic E-state index is 13.5. The molecule has 1 aliphatic rings. The molecular weight excluding hydrogens is 396 g/mol. The van der Waals surface area contributed by atoms with Gasteiger partial charge >= 0.3 is 0 Å². The first kappa shape index (κ1) is 20.4. The van der Waals surface area contributed by atoms with Crippen molar-refractivity contribution in [1.82, 2.24) is 0 Å². The highest BCUT2D eigenvalue weighted by Gasteiger charge is 2.49. The first-order valence-electron chi connectivity index (χ1n) is 9.81. The molecule has 0 fully saturated rings. The molecule has 0 N–H and O–H groups in total. The zero-order valence-corrected chi connectivity index (χ0v) is 17.4. The molecule has 4 rings (SSSR count). The van der Waals surface area contributed by atoms with Gasteiger partial charge in [-0.25, -0.2) is 0 Å². The van der Waals surface area contributed by atoms with Crippen molar-refractivity contribution in [2.75, 3.05) is 12.0 Å². The van der Waals surface area contributed by atoms with Gasteiger partial charge in [-0.2, -0.15) is 0 Å². The molecule has 31 heavy (non-hydrogen) atoms. The molecule has 7 heteroatoms. The van der Waals surface area contributed by atoms with Crippen LogP contribution in [0.1, 0.15) is 29.8 Å². The maximum Gasteiger partial charge on any atom is 0.269 e. The third kappa shape index (κ3) is 3.59. The fourth-order valence-electron chi connectivity index (χ4n) is 3.87. The van der Waals surface area contributed by atoms with Crippen molar-refractivity contribution in [2.45, 2.75) is 25.5 Å². The lowest BCUT2D eigenvalue weighted by Gasteiger charge is -2.33. The molecular formula is C24H22N2O5. The number of carbonyl (C=O) groups is 1. The highest BCUT2D eigenvalue weighted by atomic mass is 16.6. The smallest absolute Gasteiger partial charge is 0.269 e. The zero-order valence-electron chi connectivity index (χ0n) is 17.4. The van der Waals surface area contributed by atoms with Crippen molar-refractivity contribution in [3.8, 4) is 11.5 Å². The summed E-state index contributed by atoms with van der Waals surface area (Å²) in [7, 11) is 1.59. The number of ether oxygens (including phenoxy) is 2. The Morgan fingerprint density at radius 2 is 1.58 bits per heavy atom. The van der Waals surface area contributed by atoms with Crippen LogP contribution >= 0.6 is 0 Å². The molecule has 0 spiro atoms. The maximum absolute atomic E-state index is 13.5. The largest absolute Gasteiger partial charge is 0.497 e. The fraction of sp³-hybridized carbons (Fsp3) is 0.208. The van der Waals surface area contributed by atoms with Gasteiger partial charge in [0.2, 0.25) is 0 Å². The van der Waals surface area contributed by atoms with Crippen LogP contribution in [0.3, 0.4) is 0 Å². The SMILES string of the molecule is COc1ccc(OC2N(C(=O)c3ccc([N+](=O)[O-])cc3)c3ccccc3C2(C)C)cc1. The van der Waals surface area contributed by atoms with Crippen LogP contribution in [0.2, 0.25) is 0 Å². The minimum atomic E-state index is -0.610. The van der Waals surface area contributed by atoms with Gasteiger partial charge in [0.1, 0.15) is 11.5 Å². The third-order valence-corrected chi connectivity index (χ3v) is 5.56. The molecule has 0 bridgehead atoms. The monoisotopic (exact) mass is 418 g/mol. The average molecular weight is 418 g/mol. The number of rotatable bonds is 5. The van der Waals surface area contributed by atoms with Crippen molar-refractivity contribution in [3.63, 3.8) is 0 Å². The van der Waals surface area contributed by atoms with E-state index in [0.29, 0.717) is 17.1 Å². The number of amides is 1. The normalized spacial score (nSPS) is 16.5. The van der Waals surface area contributed by atoms with Gasteiger partial charge in [0.15, 0.2) is 6.23 Å². The van der Waals surface area contributed by atoms with E-state index in [0.717, 1.165) is 11.3 Å². The Labute approximate surface area is 180 Å². The lowest BCUT2D eigenvalue weighted by atomic mass is 9.85. The second kappa shape index (κ2) is 7.75. The lowest BCUT2D eigenvalue weighted by Crippen LogP contribution is -2.48. The summed E-state index contributed by atoms with van der Waals surface area (Å²) in [6.07, 6.45) is -0.610. The molecule has 1 heterocycles. The van der Waals surface area contributed by atoms with Crippen LogP contribution in [0.25, 0.3) is 0 Å². The van der Waals surface area contributed by atoms with Crippen LogP contribution in [0.4, 0.5) is 11.4 Å². The third-order valence-electron chi connectivity index (χ3n) is 5.56. The summed E-state index contributed by atoms with van der Waals surface area (Å²) in [5.74, 6) is 1.03. The zero-order chi connectivity index (χ0) is 22.2. The van der Waals surface area contributed by atoms with E-state index in [4.69, 9.17) is 9.47 Å². The van der Waals surface area contributed by atoms with Crippen LogP contribution in [0.5, 0.6) is 11.5 Å². The van der Waals surface area contributed by atoms with Crippen LogP contribution in [-0.2, 0) is 5.41 Å². The number of hydrogen-bond acceptors (Lipinski definition) is 5. The van der Waals surface area contributed by atoms with E-state index in [1.165, 1.54) is 24.3 Å². The molecule has 0 aromatic heterocycles. The summed E-state index contributed by atoms with van der Waals surface area (Å²) in [6.45, 7) is 4.06. The van der Waals surface area contributed by atoms with Gasteiger partial charge in [0.25, 0.3) is 11.6 Å². The summed E-state index contributed by atoms with van der Waals surface area (Å²) in [4.78, 5) is 25.6. The number of nitrogens with zero attached hydrogens (tertiary/aromatic N) is 2. The Morgan fingerprint density at radius 1 is 0.968 bits per heavy atom. The van der Waals surface area contributed by atoms with Crippen molar-refractivity contribution in [1.29, 1.82) is 0 Å². The molecule has 1 unspecified atom stereocenters. The number of para-hydroxylation sites is 1. The highest BCUT2D eigenvalue weighted by molar-refractivity contribution is 6.08. The number of fused-ring (bicyclic) bond motifs is 1. The van der Waals surface area contributed by atoms with Crippen LogP contribution < -0.4 is 14.4 Å². The minimum Gasteiger partial charge on any atom is -0.497 e. The fourth-order valence-corrected chi connectivity index (χ4v) is 3.87. The number of nitro benzene ring substituents is 1. The molecule has 7 nitrogen and oxygen atoms in total. The second-order valence-electron chi connectivity index (χ2n) is 7.86. The lowest BCUT2D eigenvalue weighted by molar-refractivity contribution is -0.384. The second-order valence-corrected chi connectivity index (χ2v) is 7.86. The van der Waals surface area contributed by atoms with E-state index < -0.39 is 16.6 Å². The van der Waals surface area contributed by atoms with Gasteiger partial charge in [0, 0.05) is 23.1 Å². The number of carbonyl (C=O) groups excluding carboxylic acids is 1. The molecule has 0 aliphatic carbocycles. The Balaban J connectivity index is 1.74. The number of benzene rings is 3. The minimum absolute atomic E-state index is 0.0651. The highest BCUT2D eigenvalue weighted by Crippen LogP contribution is 2.46. The molecule has 1 amide bonds. The average Bonchev–Trinajstić information content (AvgIpc) is 3.00. The van der Waals surface area contributed by atoms with Gasteiger partial charge in [-0.05, 0) is 48.0 Å². The van der Waals surface area contributed by atoms with Gasteiger partial charge in [-0.1, -0.05) is 32.0 Å². The van der Waals surface area contributed by atoms with Gasteiger partial charge < -0.3 is 9.47 Å². The van der Waals surface area contributed by atoms with Gasteiger partial charge in [-0.3, -0.25) is 19.8 Å². The Morgan fingerprint density at radius 3 is 2.19 bits per heavy atom. The van der Waals surface area contributed by atoms with Crippen molar-refractivity contribution >= 4 is 17.3 Å². The predicted molar refractivity (Wildman–Crippen MR) is 117 cm³/mol. The molecule has 3 aromatic rings. The van der Waals surface area contributed by atoms with Gasteiger partial charge in [-0.15, -0.1) is 0 Å². The van der Waals surface area contributed by atoms with Crippen LogP contribution in [0.15, 0.2) is 72.8 Å². The molecule has 0 saturated carbocycles. The van der Waals surface area contributed by atoms with Crippen LogP contribution in [0, 0.1) is 10.1 Å². The Bertz CT molecular complexity index is 1120. The summed E-state index contributed by atoms with van der Waals surface area (Å²) >= 11 is 0. The molecule has 158 valence electrons. The first-order valence-corrected chi connectivity index (χ1v) is 9.81. The van der Waals surface area contributed by atoms with Crippen molar-refractivity contribution in [2.24, 2.45) is 0 Å². The number of anilines is 1. The predicted octanol–water partition coefficient (Wildman–Crippen LogP) is 4.95. The van der Waals surface area contributed by atoms with E-state index in [9.17, 15) is 14.9 Å². The molecule has 0 radical (unpaired) electrons. The van der Waals surface area contributed by atoms with E-state index in [1.54, 1.807) is 36.3 Å². The number of non-ortho nitro benzene ring substituents is 1. The van der Waals surface area contributed by atoms with Gasteiger partial charge in [0.05, 0.1) is 17.7 Å². The molecule has 3 aromatic carbocycles. The first-order chi connectivity index (χ1) is 14.8. The molecule has 1 atom stereocenters. The Kier molecular flexibility index (Phi) is 5.10. The molecule has 1 aliphatic heterocycles. The van der Waals surface area contributed by atoms with E-state index >= 15 is 0 Å². The van der Waals surface area contributed by atoms with Crippen LogP contribution in [-0.4, -0.2) is 24.2 Å². The summed E-state index contributed by atoms with van der Waals surface area (Å²) in [5, 5.41) is 11.0. The standard InChI is InChI=1S/C24H22N2O5/c1-24(2)20-6-4-5-7-21(20)25(22(27)16-8-10-17(11-9-16)26(28)29)23(24)31-19-14-12-18(30-3)13-15-19/h4-15,23H,1-3H3. The molecule has 0 saturated heterocycles. The summed E-state index contributed by atoms with van der Waals surface area (Å²) in [6, 6.07) is 20.5. The van der Waals surface area contributed by atoms with E-state index in [1.807, 2.05) is 38.1 Å². The van der Waals surface area contributed by atoms with Crippen molar-refractivity contribution < 1.29 is 19.2 Å². The number of methoxy groups -OCH3 is 1. The van der Waals surface area contributed by atoms with Crippen molar-refractivity contribution in [3.05, 3.63) is 94.0 Å². The van der Waals surface area contributed by atoms with E-state index in [-0.39, 0.29) is 11.6 Å². The topological polar surface area (TPSA) is 81.9 Å².